The molecule has 11 heteroatoms. The number of nitrogens with zero attached hydrogens (tertiary/aromatic N) is 2. The Morgan fingerprint density at radius 1 is 1.05 bits per heavy atom. The van der Waals surface area contributed by atoms with Crippen molar-refractivity contribution in [2.24, 2.45) is 0 Å². The number of para-hydroxylation sites is 1. The molecule has 1 aliphatic heterocycles. The number of aromatic nitrogens is 2. The Kier molecular flexibility index (Phi) is 10.5. The van der Waals surface area contributed by atoms with E-state index in [-0.39, 0.29) is 28.4 Å². The third-order valence-electron chi connectivity index (χ3n) is 6.57. The smallest absolute Gasteiger partial charge is 0.229 e. The maximum atomic E-state index is 12.9. The molecule has 3 N–H and O–H groups in total. The van der Waals surface area contributed by atoms with Crippen molar-refractivity contribution in [3.63, 3.8) is 0 Å². The first-order valence-corrected chi connectivity index (χ1v) is 14.9. The zero-order chi connectivity index (χ0) is 27.4. The molecule has 1 fully saturated rings. The van der Waals surface area contributed by atoms with Gasteiger partial charge in [-0.15, -0.1) is 12.4 Å². The lowest BCUT2D eigenvalue weighted by Crippen LogP contribution is -2.27. The molecule has 0 bridgehead atoms. The van der Waals surface area contributed by atoms with Gasteiger partial charge in [-0.2, -0.15) is 4.98 Å². The normalized spacial score (nSPS) is 14.3. The molecule has 1 saturated heterocycles. The van der Waals surface area contributed by atoms with Crippen LogP contribution in [0.2, 0.25) is 5.02 Å². The standard InChI is InChI=1S/C28H36ClN5O3S.ClH/c1-17(2)37-25-15-21(20-10-12-30-13-11-20)19(5)14-24(25)33-28-31-16-22(29)27(34-28)32-23-8-6-7-9-26(23)38(35,36)18(3)4;/h6-9,14-18,20,30H,10-13H2,1-5H3,(H2,31,32,33,34);1H. The van der Waals surface area contributed by atoms with Crippen molar-refractivity contribution in [3.8, 4) is 5.75 Å². The molecule has 2 aromatic carbocycles. The van der Waals surface area contributed by atoms with Crippen LogP contribution in [-0.4, -0.2) is 42.8 Å². The van der Waals surface area contributed by atoms with Gasteiger partial charge >= 0.3 is 0 Å². The molecular formula is C28H37Cl2N5O3S. The van der Waals surface area contributed by atoms with Crippen LogP contribution in [0.3, 0.4) is 0 Å². The molecule has 8 nitrogen and oxygen atoms in total. The highest BCUT2D eigenvalue weighted by molar-refractivity contribution is 7.92. The number of hydrogen-bond donors (Lipinski definition) is 3. The molecule has 1 aromatic heterocycles. The van der Waals surface area contributed by atoms with E-state index in [1.807, 2.05) is 13.8 Å². The highest BCUT2D eigenvalue weighted by Crippen LogP contribution is 2.37. The minimum absolute atomic E-state index is 0. The Bertz CT molecular complexity index is 1390. The summed E-state index contributed by atoms with van der Waals surface area (Å²) >= 11 is 6.42. The van der Waals surface area contributed by atoms with Crippen molar-refractivity contribution >= 4 is 57.0 Å². The molecule has 0 atom stereocenters. The minimum Gasteiger partial charge on any atom is -0.489 e. The van der Waals surface area contributed by atoms with Crippen molar-refractivity contribution in [3.05, 3.63) is 58.7 Å². The highest BCUT2D eigenvalue weighted by atomic mass is 35.5. The van der Waals surface area contributed by atoms with Gasteiger partial charge < -0.3 is 20.7 Å². The number of rotatable bonds is 9. The Morgan fingerprint density at radius 3 is 2.41 bits per heavy atom. The van der Waals surface area contributed by atoms with Crippen molar-refractivity contribution in [2.45, 2.75) is 69.6 Å². The van der Waals surface area contributed by atoms with E-state index < -0.39 is 15.1 Å². The Hall–Kier alpha value is -2.59. The molecule has 1 aliphatic rings. The Morgan fingerprint density at radius 2 is 1.74 bits per heavy atom. The first kappa shape index (κ1) is 30.9. The zero-order valence-electron chi connectivity index (χ0n) is 22.9. The topological polar surface area (TPSA) is 105 Å². The first-order valence-electron chi connectivity index (χ1n) is 13.0. The van der Waals surface area contributed by atoms with Gasteiger partial charge in [-0.3, -0.25) is 0 Å². The van der Waals surface area contributed by atoms with Crippen molar-refractivity contribution in [1.82, 2.24) is 15.3 Å². The fraction of sp³-hybridized carbons (Fsp3) is 0.429. The maximum absolute atomic E-state index is 12.9. The van der Waals surface area contributed by atoms with Gasteiger partial charge in [0.25, 0.3) is 0 Å². The highest BCUT2D eigenvalue weighted by Gasteiger charge is 2.24. The van der Waals surface area contributed by atoms with Crippen LogP contribution < -0.4 is 20.7 Å². The number of sulfone groups is 1. The Balaban J connectivity index is 0.00000420. The van der Waals surface area contributed by atoms with Gasteiger partial charge in [0.2, 0.25) is 5.95 Å². The lowest BCUT2D eigenvalue weighted by atomic mass is 9.87. The molecule has 2 heterocycles. The molecule has 39 heavy (non-hydrogen) atoms. The number of halogens is 2. The van der Waals surface area contributed by atoms with E-state index in [4.69, 9.17) is 16.3 Å². The summed E-state index contributed by atoms with van der Waals surface area (Å²) in [6, 6.07) is 10.9. The van der Waals surface area contributed by atoms with Crippen LogP contribution >= 0.6 is 24.0 Å². The van der Waals surface area contributed by atoms with Crippen molar-refractivity contribution in [1.29, 1.82) is 0 Å². The van der Waals surface area contributed by atoms with Gasteiger partial charge in [-0.1, -0.05) is 23.7 Å². The van der Waals surface area contributed by atoms with Gasteiger partial charge in [0.15, 0.2) is 15.7 Å². The van der Waals surface area contributed by atoms with Gasteiger partial charge in [0.05, 0.1) is 33.8 Å². The minimum atomic E-state index is -3.52. The summed E-state index contributed by atoms with van der Waals surface area (Å²) in [4.78, 5) is 9.12. The second-order valence-corrected chi connectivity index (χ2v) is 13.0. The molecule has 0 radical (unpaired) electrons. The molecule has 0 aliphatic carbocycles. The second-order valence-electron chi connectivity index (χ2n) is 10.1. The molecule has 0 spiro atoms. The first-order chi connectivity index (χ1) is 18.1. The number of benzene rings is 2. The molecular weight excluding hydrogens is 557 g/mol. The van der Waals surface area contributed by atoms with Gasteiger partial charge in [-0.05, 0) is 102 Å². The summed E-state index contributed by atoms with van der Waals surface area (Å²) in [6.07, 6.45) is 3.66. The van der Waals surface area contributed by atoms with Crippen LogP contribution in [0.15, 0.2) is 47.5 Å². The van der Waals surface area contributed by atoms with Crippen LogP contribution in [0.1, 0.15) is 57.6 Å². The zero-order valence-corrected chi connectivity index (χ0v) is 25.3. The number of anilines is 4. The van der Waals surface area contributed by atoms with Gasteiger partial charge in [-0.25, -0.2) is 13.4 Å². The van der Waals surface area contributed by atoms with E-state index in [1.165, 1.54) is 17.3 Å². The summed E-state index contributed by atoms with van der Waals surface area (Å²) in [5, 5.41) is 9.51. The SMILES string of the molecule is Cc1cc(Nc2ncc(Cl)c(Nc3ccccc3S(=O)(=O)C(C)C)n2)c(OC(C)C)cc1C1CCNCC1.Cl. The fourth-order valence-corrected chi connectivity index (χ4v) is 5.90. The summed E-state index contributed by atoms with van der Waals surface area (Å²) in [6.45, 7) is 11.4. The monoisotopic (exact) mass is 593 g/mol. The average Bonchev–Trinajstić information content (AvgIpc) is 2.88. The van der Waals surface area contributed by atoms with Crippen LogP contribution in [0.5, 0.6) is 5.75 Å². The van der Waals surface area contributed by atoms with E-state index in [2.05, 4.69) is 45.0 Å². The maximum Gasteiger partial charge on any atom is 0.229 e. The van der Waals surface area contributed by atoms with E-state index in [0.29, 0.717) is 23.4 Å². The van der Waals surface area contributed by atoms with E-state index in [1.54, 1.807) is 38.1 Å². The number of hydrogen-bond acceptors (Lipinski definition) is 8. The van der Waals surface area contributed by atoms with Gasteiger partial charge in [0, 0.05) is 0 Å². The quantitative estimate of drug-likeness (QED) is 0.249. The van der Waals surface area contributed by atoms with E-state index in [0.717, 1.165) is 37.4 Å². The predicted molar refractivity (Wildman–Crippen MR) is 161 cm³/mol. The Labute approximate surface area is 242 Å². The summed E-state index contributed by atoms with van der Waals surface area (Å²) in [5.41, 5.74) is 3.63. The average molecular weight is 595 g/mol. The van der Waals surface area contributed by atoms with Crippen LogP contribution in [0.25, 0.3) is 0 Å². The van der Waals surface area contributed by atoms with Gasteiger partial charge in [0.1, 0.15) is 10.8 Å². The largest absolute Gasteiger partial charge is 0.489 e. The molecule has 4 rings (SSSR count). The third kappa shape index (κ3) is 7.33. The van der Waals surface area contributed by atoms with Crippen LogP contribution in [-0.2, 0) is 9.84 Å². The molecule has 0 saturated carbocycles. The summed E-state index contributed by atoms with van der Waals surface area (Å²) < 4.78 is 32.0. The van der Waals surface area contributed by atoms with Crippen molar-refractivity contribution in [2.75, 3.05) is 23.7 Å². The molecule has 212 valence electrons. The molecule has 3 aromatic rings. The van der Waals surface area contributed by atoms with E-state index >= 15 is 0 Å². The van der Waals surface area contributed by atoms with E-state index in [9.17, 15) is 8.42 Å². The predicted octanol–water partition coefficient (Wildman–Crippen LogP) is 6.78. The fourth-order valence-electron chi connectivity index (χ4n) is 4.56. The number of aryl methyl sites for hydroxylation is 1. The molecule has 0 amide bonds. The summed E-state index contributed by atoms with van der Waals surface area (Å²) in [5.74, 6) is 1.83. The summed E-state index contributed by atoms with van der Waals surface area (Å²) in [7, 11) is -3.52. The number of piperidine rings is 1. The number of ether oxygens (including phenoxy) is 1. The second kappa shape index (κ2) is 13.2. The van der Waals surface area contributed by atoms with Crippen LogP contribution in [0, 0.1) is 6.92 Å². The number of nitrogens with one attached hydrogen (secondary N) is 3. The lowest BCUT2D eigenvalue weighted by Gasteiger charge is -2.26. The van der Waals surface area contributed by atoms with Crippen molar-refractivity contribution < 1.29 is 13.2 Å². The third-order valence-corrected chi connectivity index (χ3v) is 9.05. The lowest BCUT2D eigenvalue weighted by molar-refractivity contribution is 0.243. The van der Waals surface area contributed by atoms with Crippen LogP contribution in [0.4, 0.5) is 23.1 Å². The molecule has 0 unspecified atom stereocenters.